The number of nitro groups is 8. The minimum absolute atomic E-state index is 0.0145. The third-order valence-corrected chi connectivity index (χ3v) is 16.6. The predicted octanol–water partition coefficient (Wildman–Crippen LogP) is 23.9. The van der Waals surface area contributed by atoms with Crippen molar-refractivity contribution in [1.29, 1.82) is 0 Å². The van der Waals surface area contributed by atoms with Gasteiger partial charge in [-0.1, -0.05) is 102 Å². The van der Waals surface area contributed by atoms with Crippen LogP contribution in [0.2, 0.25) is 0 Å². The van der Waals surface area contributed by atoms with Crippen molar-refractivity contribution < 1.29 is 65.7 Å². The van der Waals surface area contributed by atoms with Crippen LogP contribution in [0.25, 0.3) is 65.7 Å². The van der Waals surface area contributed by atoms with Gasteiger partial charge in [-0.2, -0.15) is 0 Å². The van der Waals surface area contributed by atoms with Crippen LogP contribution in [0.1, 0.15) is 33.4 Å². The molecule has 0 saturated carbocycles. The Kier molecular flexibility index (Phi) is 30.3. The van der Waals surface area contributed by atoms with Crippen LogP contribution in [0.4, 0.5) is 71.8 Å². The molecular formula is C84H64F6N8O16. The molecule has 14 aromatic carbocycles. The number of benzene rings is 14. The van der Waals surface area contributed by atoms with Gasteiger partial charge in [0.1, 0.15) is 34.9 Å². The number of para-hydroxylation sites is 2. The molecule has 0 N–H and O–H groups in total. The largest absolute Gasteiger partial charge is 0.269 e. The fourth-order valence-corrected chi connectivity index (χ4v) is 10.5. The highest BCUT2D eigenvalue weighted by Crippen LogP contribution is 2.31. The average molecular weight is 1560 g/mol. The zero-order chi connectivity index (χ0) is 83.6. The van der Waals surface area contributed by atoms with E-state index in [9.17, 15) is 107 Å². The number of hydrogen-bond donors (Lipinski definition) is 0. The first-order valence-electron chi connectivity index (χ1n) is 33.5. The lowest BCUT2D eigenvalue weighted by Gasteiger charge is -2.06. The zero-order valence-corrected chi connectivity index (χ0v) is 60.9. The third kappa shape index (κ3) is 24.1. The van der Waals surface area contributed by atoms with E-state index in [4.69, 9.17) is 0 Å². The molecule has 0 heterocycles. The maximum Gasteiger partial charge on any atom is 0.269 e. The number of hydrogen-bond acceptors (Lipinski definition) is 16. The number of fused-ring (bicyclic) bond motifs is 3. The van der Waals surface area contributed by atoms with Crippen LogP contribution in [0.5, 0.6) is 0 Å². The van der Waals surface area contributed by atoms with E-state index in [1.807, 2.05) is 50.2 Å². The first-order valence-corrected chi connectivity index (χ1v) is 33.5. The van der Waals surface area contributed by atoms with Gasteiger partial charge in [0, 0.05) is 119 Å². The summed E-state index contributed by atoms with van der Waals surface area (Å²) in [5, 5.41) is 85.9. The molecule has 0 saturated heterocycles. The molecule has 0 atom stereocenters. The Hall–Kier alpha value is -15.4. The maximum absolute atomic E-state index is 13.6. The lowest BCUT2D eigenvalue weighted by molar-refractivity contribution is -0.385. The van der Waals surface area contributed by atoms with E-state index in [1.165, 1.54) is 123 Å². The van der Waals surface area contributed by atoms with Gasteiger partial charge in [-0.25, -0.2) is 26.3 Å². The summed E-state index contributed by atoms with van der Waals surface area (Å²) >= 11 is 0. The number of nitrogens with zero attached hydrogens (tertiary/aromatic N) is 8. The average Bonchev–Trinajstić information content (AvgIpc) is 0.816. The highest BCUT2D eigenvalue weighted by Gasteiger charge is 2.16. The summed E-state index contributed by atoms with van der Waals surface area (Å²) in [6, 6.07) is 72.2. The number of nitro benzene ring substituents is 8. The van der Waals surface area contributed by atoms with Crippen LogP contribution in [0.3, 0.4) is 0 Å². The summed E-state index contributed by atoms with van der Waals surface area (Å²) in [4.78, 5) is 79.3. The third-order valence-electron chi connectivity index (χ3n) is 16.6. The van der Waals surface area contributed by atoms with Crippen molar-refractivity contribution in [3.63, 3.8) is 0 Å². The number of non-ortho nitro benzene ring substituents is 8. The smallest absolute Gasteiger partial charge is 0.258 e. The van der Waals surface area contributed by atoms with Crippen molar-refractivity contribution in [2.75, 3.05) is 0 Å². The lowest BCUT2D eigenvalue weighted by Crippen LogP contribution is -1.94. The van der Waals surface area contributed by atoms with Crippen LogP contribution in [0, 0.1) is 157 Å². The Morgan fingerprint density at radius 2 is 0.474 bits per heavy atom. The van der Waals surface area contributed by atoms with Gasteiger partial charge >= 0.3 is 0 Å². The molecular weight excluding hydrogens is 1490 g/mol. The van der Waals surface area contributed by atoms with E-state index in [-0.39, 0.29) is 73.2 Å². The van der Waals surface area contributed by atoms with Gasteiger partial charge in [0.05, 0.1) is 44.8 Å². The van der Waals surface area contributed by atoms with E-state index in [0.29, 0.717) is 27.3 Å². The molecule has 14 rings (SSSR count). The van der Waals surface area contributed by atoms with Crippen LogP contribution in [-0.2, 0) is 0 Å². The molecule has 578 valence electrons. The van der Waals surface area contributed by atoms with Gasteiger partial charge in [-0.05, 0) is 193 Å². The second kappa shape index (κ2) is 40.2. The molecule has 0 spiro atoms. The molecule has 0 aliphatic carbocycles. The van der Waals surface area contributed by atoms with Crippen molar-refractivity contribution in [3.05, 3.63) is 428 Å². The quantitative estimate of drug-likeness (QED) is 0.0659. The number of halogens is 6. The SMILES string of the molecule is Cc1cc(F)c2c(F)c(C)c(F)cc2c1.Cc1ccc2c(F)c(C)c(F)cc2c1.Cc1ccc2c(F)c(C)ccc2c1.O=[N+]([O-])c1ccc(-c2ccc([N+](=O)[O-])cc2)cc1.O=[N+]([O-])c1ccc(-c2ccc([N+](=O)[O-])cc2)cc1.O=[N+]([O-])c1ccc(-c2ccc([N+](=O)[O-])cc2)cc1.O=[N+]([O-])c1ccccc1.O=[N+]([O-])c1ccccc1. The summed E-state index contributed by atoms with van der Waals surface area (Å²) in [6.07, 6.45) is 0. The monoisotopic (exact) mass is 1550 g/mol. The molecule has 114 heavy (non-hydrogen) atoms. The van der Waals surface area contributed by atoms with Gasteiger partial charge in [0.15, 0.2) is 0 Å². The maximum atomic E-state index is 13.6. The Bertz CT molecular complexity index is 5350. The van der Waals surface area contributed by atoms with Crippen LogP contribution in [-0.4, -0.2) is 39.4 Å². The fourth-order valence-electron chi connectivity index (χ4n) is 10.5. The number of aryl methyl sites for hydroxylation is 4. The van der Waals surface area contributed by atoms with Crippen LogP contribution >= 0.6 is 0 Å². The number of rotatable bonds is 11. The minimum Gasteiger partial charge on any atom is -0.258 e. The molecule has 24 nitrogen and oxygen atoms in total. The molecule has 14 aromatic rings. The van der Waals surface area contributed by atoms with Gasteiger partial charge in [-0.15, -0.1) is 0 Å². The topological polar surface area (TPSA) is 345 Å². The van der Waals surface area contributed by atoms with Gasteiger partial charge in [-0.3, -0.25) is 80.9 Å². The van der Waals surface area contributed by atoms with Crippen molar-refractivity contribution >= 4 is 77.8 Å². The second-order valence-electron chi connectivity index (χ2n) is 24.6. The standard InChI is InChI=1S/C12H9F3.C12H10F2.C12H11F.3C12H8N2O4.2C6H5NO2/c1-6-3-8-5-9(13)7(2)12(15)11(8)10(14)4-6;1-7-3-4-10-9(5-7)6-11(13)8(2)12(10)14;1-8-3-6-11-10(7-8)5-4-9(2)12(11)13;3*15-13(16)11-5-1-9(2-6-11)10-3-7-12(8-4-10)14(17)18;2*8-7(9)6-4-2-1-3-5-6/h3-5H,1-2H3;3-6H,1-2H3;3-7H,1-2H3;3*1-8H;2*1-5H. The molecule has 0 amide bonds. The highest BCUT2D eigenvalue weighted by atomic mass is 19.2. The summed E-state index contributed by atoms with van der Waals surface area (Å²) in [5.41, 5.74) is 8.45. The second-order valence-corrected chi connectivity index (χ2v) is 24.6. The summed E-state index contributed by atoms with van der Waals surface area (Å²) < 4.78 is 80.5. The van der Waals surface area contributed by atoms with Gasteiger partial charge in [0.25, 0.3) is 45.5 Å². The Balaban J connectivity index is 0.000000182. The fraction of sp³-hybridized carbons (Fsp3) is 0.0714. The summed E-state index contributed by atoms with van der Waals surface area (Å²) in [6.45, 7) is 10.1. The van der Waals surface area contributed by atoms with Gasteiger partial charge < -0.3 is 0 Å². The van der Waals surface area contributed by atoms with Crippen molar-refractivity contribution in [3.8, 4) is 33.4 Å². The van der Waals surface area contributed by atoms with E-state index in [1.54, 1.807) is 141 Å². The van der Waals surface area contributed by atoms with Crippen LogP contribution < -0.4 is 0 Å². The first-order chi connectivity index (χ1) is 54.1. The Morgan fingerprint density at radius 3 is 0.763 bits per heavy atom. The Labute approximate surface area is 643 Å². The lowest BCUT2D eigenvalue weighted by atomic mass is 10.0. The molecule has 0 aliphatic heterocycles. The summed E-state index contributed by atoms with van der Waals surface area (Å²) in [7, 11) is 0. The molecule has 0 aliphatic rings. The molecule has 0 radical (unpaired) electrons. The molecule has 0 unspecified atom stereocenters. The highest BCUT2D eigenvalue weighted by molar-refractivity contribution is 5.87. The van der Waals surface area contributed by atoms with E-state index in [2.05, 4.69) is 0 Å². The summed E-state index contributed by atoms with van der Waals surface area (Å²) in [5.74, 6) is -3.16. The Morgan fingerprint density at radius 1 is 0.219 bits per heavy atom. The predicted molar refractivity (Wildman–Crippen MR) is 422 cm³/mol. The molecule has 0 fully saturated rings. The minimum atomic E-state index is -0.817. The van der Waals surface area contributed by atoms with E-state index in [0.717, 1.165) is 56.0 Å². The molecule has 0 bridgehead atoms. The van der Waals surface area contributed by atoms with E-state index < -0.39 is 68.5 Å². The first kappa shape index (κ1) is 85.9. The van der Waals surface area contributed by atoms with Crippen molar-refractivity contribution in [2.24, 2.45) is 0 Å². The normalized spacial score (nSPS) is 10.1. The zero-order valence-electron chi connectivity index (χ0n) is 60.9. The van der Waals surface area contributed by atoms with E-state index >= 15 is 0 Å². The molecule has 0 aromatic heterocycles. The van der Waals surface area contributed by atoms with Crippen molar-refractivity contribution in [1.82, 2.24) is 0 Å². The van der Waals surface area contributed by atoms with Crippen LogP contribution in [0.15, 0.2) is 279 Å². The molecule has 30 heteroatoms. The van der Waals surface area contributed by atoms with Gasteiger partial charge in [0.2, 0.25) is 0 Å². The van der Waals surface area contributed by atoms with Crippen molar-refractivity contribution in [2.45, 2.75) is 41.5 Å².